The molecule has 1 saturated heterocycles. The molecule has 13 nitrogen and oxygen atoms in total. The zero-order valence-corrected chi connectivity index (χ0v) is 23.3. The number of benzene rings is 1. The fourth-order valence-corrected chi connectivity index (χ4v) is 4.28. The van der Waals surface area contributed by atoms with Gasteiger partial charge in [0.2, 0.25) is 5.91 Å². The first kappa shape index (κ1) is 31.2. The molecule has 218 valence electrons. The summed E-state index contributed by atoms with van der Waals surface area (Å²) in [5, 5.41) is 5.47. The van der Waals surface area contributed by atoms with E-state index in [9.17, 15) is 24.0 Å². The molecule has 1 fully saturated rings. The number of hydrogen-bond acceptors (Lipinski definition) is 11. The number of aromatic nitrogens is 2. The van der Waals surface area contributed by atoms with Crippen molar-refractivity contribution in [2.75, 3.05) is 14.2 Å². The van der Waals surface area contributed by atoms with Gasteiger partial charge in [0, 0.05) is 25.9 Å². The minimum Gasteiger partial charge on any atom is -0.498 e. The molecule has 0 radical (unpaired) electrons. The van der Waals surface area contributed by atoms with Crippen molar-refractivity contribution in [2.45, 2.75) is 57.1 Å². The first-order valence-electron chi connectivity index (χ1n) is 13.0. The summed E-state index contributed by atoms with van der Waals surface area (Å²) < 4.78 is 20.9. The Bertz CT molecular complexity index is 1230. The number of amides is 2. The molecule has 14 heteroatoms. The number of carbonyl (C=O) groups excluding carboxylic acids is 5. The third-order valence-corrected chi connectivity index (χ3v) is 6.40. The zero-order valence-electron chi connectivity index (χ0n) is 23.3. The van der Waals surface area contributed by atoms with E-state index >= 15 is 0 Å². The zero-order chi connectivity index (χ0) is 30.0. The van der Waals surface area contributed by atoms with E-state index in [0.717, 1.165) is 12.7 Å². The van der Waals surface area contributed by atoms with Crippen molar-refractivity contribution < 1.29 is 42.8 Å². The molecule has 0 bridgehead atoms. The monoisotopic (exact) mass is 568 g/mol. The van der Waals surface area contributed by atoms with Gasteiger partial charge in [-0.15, -0.1) is 0 Å². The van der Waals surface area contributed by atoms with Crippen molar-refractivity contribution >= 4 is 36.8 Å². The Morgan fingerprint density at radius 2 is 1.80 bits per heavy atom. The Morgan fingerprint density at radius 1 is 1.07 bits per heavy atom. The SMILES string of the molecule is COC(=O)C[C@]1(OC)CC(=O)OB([C@H](CC(C)C)NC(=O)[C@H](Cc2ccccc2)NC(=O)c2cnccn2)OC1=O. The minimum absolute atomic E-state index is 0.0187. The summed E-state index contributed by atoms with van der Waals surface area (Å²) in [5.74, 6) is -4.93. The van der Waals surface area contributed by atoms with E-state index in [1.807, 2.05) is 19.9 Å². The number of esters is 1. The number of nitrogens with zero attached hydrogens (tertiary/aromatic N) is 2. The fourth-order valence-electron chi connectivity index (χ4n) is 4.28. The van der Waals surface area contributed by atoms with Gasteiger partial charge in [0.25, 0.3) is 11.9 Å². The number of hydrogen-bond donors (Lipinski definition) is 2. The molecule has 1 aliphatic heterocycles. The molecule has 0 unspecified atom stereocenters. The molecule has 1 aliphatic rings. The molecule has 2 N–H and O–H groups in total. The summed E-state index contributed by atoms with van der Waals surface area (Å²) in [5.41, 5.74) is -1.16. The van der Waals surface area contributed by atoms with E-state index in [1.54, 1.807) is 24.3 Å². The summed E-state index contributed by atoms with van der Waals surface area (Å²) in [6, 6.07) is 7.97. The van der Waals surface area contributed by atoms with Gasteiger partial charge in [-0.3, -0.25) is 29.0 Å². The van der Waals surface area contributed by atoms with Crippen LogP contribution in [0.2, 0.25) is 0 Å². The first-order chi connectivity index (χ1) is 19.6. The van der Waals surface area contributed by atoms with Crippen LogP contribution in [0.1, 0.15) is 49.2 Å². The number of ether oxygens (including phenoxy) is 2. The van der Waals surface area contributed by atoms with Crippen LogP contribution in [0.15, 0.2) is 48.9 Å². The smallest absolute Gasteiger partial charge is 0.498 e. The highest BCUT2D eigenvalue weighted by Crippen LogP contribution is 2.28. The quantitative estimate of drug-likeness (QED) is 0.274. The molecule has 41 heavy (non-hydrogen) atoms. The fraction of sp³-hybridized carbons (Fsp3) is 0.444. The van der Waals surface area contributed by atoms with E-state index in [1.165, 1.54) is 25.7 Å². The molecule has 2 amide bonds. The van der Waals surface area contributed by atoms with Crippen LogP contribution in [-0.2, 0) is 44.4 Å². The summed E-state index contributed by atoms with van der Waals surface area (Å²) in [6.07, 6.45) is 3.24. The second-order valence-electron chi connectivity index (χ2n) is 9.94. The summed E-state index contributed by atoms with van der Waals surface area (Å²) in [6.45, 7) is 3.74. The third kappa shape index (κ3) is 8.58. The van der Waals surface area contributed by atoms with Gasteiger partial charge in [0.1, 0.15) is 11.7 Å². The molecular formula is C27H33BN4O9. The van der Waals surface area contributed by atoms with Crippen LogP contribution in [0.25, 0.3) is 0 Å². The lowest BCUT2D eigenvalue weighted by Crippen LogP contribution is -2.57. The van der Waals surface area contributed by atoms with Crippen LogP contribution in [0.3, 0.4) is 0 Å². The molecular weight excluding hydrogens is 535 g/mol. The topological polar surface area (TPSA) is 172 Å². The Labute approximate surface area is 237 Å². The predicted molar refractivity (Wildman–Crippen MR) is 144 cm³/mol. The average Bonchev–Trinajstić information content (AvgIpc) is 3.08. The van der Waals surface area contributed by atoms with Gasteiger partial charge in [-0.2, -0.15) is 0 Å². The normalized spacial score (nSPS) is 18.4. The van der Waals surface area contributed by atoms with Gasteiger partial charge >= 0.3 is 19.1 Å². The maximum atomic E-state index is 13.6. The van der Waals surface area contributed by atoms with Crippen LogP contribution in [0, 0.1) is 5.92 Å². The highest BCUT2D eigenvalue weighted by molar-refractivity contribution is 6.52. The Kier molecular flexibility index (Phi) is 10.9. The molecule has 0 saturated carbocycles. The molecule has 1 aromatic carbocycles. The highest BCUT2D eigenvalue weighted by atomic mass is 16.7. The minimum atomic E-state index is -1.95. The summed E-state index contributed by atoms with van der Waals surface area (Å²) >= 11 is 0. The Morgan fingerprint density at radius 3 is 2.41 bits per heavy atom. The maximum Gasteiger partial charge on any atom is 0.622 e. The van der Waals surface area contributed by atoms with Crippen LogP contribution >= 0.6 is 0 Å². The van der Waals surface area contributed by atoms with Crippen LogP contribution in [-0.4, -0.2) is 78.6 Å². The van der Waals surface area contributed by atoms with Crippen molar-refractivity contribution in [3.8, 4) is 0 Å². The van der Waals surface area contributed by atoms with Crippen LogP contribution < -0.4 is 10.6 Å². The van der Waals surface area contributed by atoms with Gasteiger partial charge in [0.15, 0.2) is 5.60 Å². The number of nitrogens with one attached hydrogen (secondary N) is 2. The largest absolute Gasteiger partial charge is 0.622 e. The number of methoxy groups -OCH3 is 2. The van der Waals surface area contributed by atoms with E-state index in [4.69, 9.17) is 14.0 Å². The molecule has 1 aromatic heterocycles. The second kappa shape index (κ2) is 14.3. The van der Waals surface area contributed by atoms with E-state index in [0.29, 0.717) is 0 Å². The number of carbonyl (C=O) groups is 5. The number of rotatable bonds is 12. The van der Waals surface area contributed by atoms with Crippen LogP contribution in [0.5, 0.6) is 0 Å². The third-order valence-electron chi connectivity index (χ3n) is 6.40. The van der Waals surface area contributed by atoms with Crippen molar-refractivity contribution in [3.05, 3.63) is 60.2 Å². The Balaban J connectivity index is 1.86. The first-order valence-corrected chi connectivity index (χ1v) is 13.0. The van der Waals surface area contributed by atoms with E-state index < -0.39 is 67.3 Å². The van der Waals surface area contributed by atoms with E-state index in [-0.39, 0.29) is 24.5 Å². The van der Waals surface area contributed by atoms with Gasteiger partial charge in [-0.25, -0.2) is 4.98 Å². The predicted octanol–water partition coefficient (Wildman–Crippen LogP) is 0.814. The summed E-state index contributed by atoms with van der Waals surface area (Å²) in [7, 11) is 0.779. The summed E-state index contributed by atoms with van der Waals surface area (Å²) in [4.78, 5) is 72.3. The molecule has 3 rings (SSSR count). The van der Waals surface area contributed by atoms with Gasteiger partial charge < -0.3 is 29.4 Å². The lowest BCUT2D eigenvalue weighted by molar-refractivity contribution is -0.169. The molecule has 2 heterocycles. The van der Waals surface area contributed by atoms with E-state index in [2.05, 4.69) is 25.3 Å². The second-order valence-corrected chi connectivity index (χ2v) is 9.94. The lowest BCUT2D eigenvalue weighted by atomic mass is 9.73. The molecule has 3 atom stereocenters. The van der Waals surface area contributed by atoms with Crippen molar-refractivity contribution in [2.24, 2.45) is 5.92 Å². The van der Waals surface area contributed by atoms with Crippen molar-refractivity contribution in [3.63, 3.8) is 0 Å². The average molecular weight is 568 g/mol. The maximum absolute atomic E-state index is 13.6. The van der Waals surface area contributed by atoms with Crippen molar-refractivity contribution in [1.29, 1.82) is 0 Å². The highest BCUT2D eigenvalue weighted by Gasteiger charge is 2.53. The van der Waals surface area contributed by atoms with Gasteiger partial charge in [-0.1, -0.05) is 44.2 Å². The van der Waals surface area contributed by atoms with Gasteiger partial charge in [0.05, 0.1) is 32.1 Å². The molecule has 0 spiro atoms. The molecule has 2 aromatic rings. The standard InChI is InChI=1S/C27H33BN4O9/c1-17(2)12-21(28-40-23(34)15-27(39-4,26(37)41-28)14-22(33)38-3)32-24(35)19(13-18-8-6-5-7-9-18)31-25(36)20-16-29-10-11-30-20/h5-11,16-17,19,21H,12-15H2,1-4H3,(H,31,36)(H,32,35)/t19-,21-,27-/m0/s1. The molecule has 0 aliphatic carbocycles. The van der Waals surface area contributed by atoms with Crippen molar-refractivity contribution in [1.82, 2.24) is 20.6 Å². The Hall–Kier alpha value is -4.33. The lowest BCUT2D eigenvalue weighted by Gasteiger charge is -2.28. The van der Waals surface area contributed by atoms with Crippen LogP contribution in [0.4, 0.5) is 0 Å². The van der Waals surface area contributed by atoms with Gasteiger partial charge in [-0.05, 0) is 17.9 Å².